The van der Waals surface area contributed by atoms with E-state index in [1.54, 1.807) is 7.11 Å². The summed E-state index contributed by atoms with van der Waals surface area (Å²) in [6.45, 7) is 3.51. The molecule has 1 aliphatic rings. The Labute approximate surface area is 155 Å². The van der Waals surface area contributed by atoms with E-state index in [2.05, 4.69) is 22.5 Å². The highest BCUT2D eigenvalue weighted by molar-refractivity contribution is 14.0. The van der Waals surface area contributed by atoms with E-state index >= 15 is 0 Å². The van der Waals surface area contributed by atoms with Gasteiger partial charge >= 0.3 is 0 Å². The Morgan fingerprint density at radius 2 is 2.04 bits per heavy atom. The molecule has 0 bridgehead atoms. The molecule has 5 nitrogen and oxygen atoms in total. The van der Waals surface area contributed by atoms with E-state index in [1.807, 2.05) is 24.3 Å². The van der Waals surface area contributed by atoms with Crippen LogP contribution in [0.25, 0.3) is 0 Å². The number of nitrogens with zero attached hydrogens (tertiary/aromatic N) is 1. The number of methoxy groups -OCH3 is 1. The van der Waals surface area contributed by atoms with Crippen molar-refractivity contribution in [2.75, 3.05) is 13.7 Å². The number of guanidine groups is 1. The maximum atomic E-state index is 9.58. The standard InChI is InChI=1S/C17H27N3O2.HI/c1-3-18-17(20-14-7-9-15(21)10-8-14)19-12-13-5-4-6-16(11-13)22-2;/h4-6,11,14-15,21H,3,7-10,12H2,1-2H3,(H2,18,19,20);1H. The lowest BCUT2D eigenvalue weighted by Crippen LogP contribution is -2.45. The first kappa shape index (κ1) is 20.0. The van der Waals surface area contributed by atoms with Gasteiger partial charge < -0.3 is 20.5 Å². The van der Waals surface area contributed by atoms with E-state index in [1.165, 1.54) is 0 Å². The molecule has 1 aromatic rings. The van der Waals surface area contributed by atoms with Crippen molar-refractivity contribution >= 4 is 29.9 Å². The number of hydrogen-bond donors (Lipinski definition) is 3. The third-order valence-corrected chi connectivity index (χ3v) is 3.94. The summed E-state index contributed by atoms with van der Waals surface area (Å²) in [5, 5.41) is 16.3. The van der Waals surface area contributed by atoms with Crippen LogP contribution in [0.15, 0.2) is 29.3 Å². The number of hydrogen-bond acceptors (Lipinski definition) is 3. The summed E-state index contributed by atoms with van der Waals surface area (Å²) in [5.41, 5.74) is 1.12. The largest absolute Gasteiger partial charge is 0.497 e. The van der Waals surface area contributed by atoms with Crippen LogP contribution in [0.5, 0.6) is 5.75 Å². The summed E-state index contributed by atoms with van der Waals surface area (Å²) < 4.78 is 5.24. The zero-order valence-electron chi connectivity index (χ0n) is 13.9. The molecule has 23 heavy (non-hydrogen) atoms. The molecule has 0 aliphatic heterocycles. The second-order valence-corrected chi connectivity index (χ2v) is 5.70. The van der Waals surface area contributed by atoms with Crippen molar-refractivity contribution in [3.05, 3.63) is 29.8 Å². The molecule has 1 fully saturated rings. The molecule has 0 heterocycles. The zero-order chi connectivity index (χ0) is 15.8. The van der Waals surface area contributed by atoms with Gasteiger partial charge in [-0.3, -0.25) is 0 Å². The lowest BCUT2D eigenvalue weighted by molar-refractivity contribution is 0.120. The van der Waals surface area contributed by atoms with Gasteiger partial charge in [-0.05, 0) is 50.3 Å². The Hall–Kier alpha value is -1.02. The number of nitrogens with one attached hydrogen (secondary N) is 2. The Morgan fingerprint density at radius 3 is 2.70 bits per heavy atom. The lowest BCUT2D eigenvalue weighted by Gasteiger charge is -2.27. The minimum absolute atomic E-state index is 0. The van der Waals surface area contributed by atoms with E-state index in [0.717, 1.165) is 49.5 Å². The number of aliphatic hydroxyl groups is 1. The first-order chi connectivity index (χ1) is 10.7. The van der Waals surface area contributed by atoms with Crippen LogP contribution < -0.4 is 15.4 Å². The number of rotatable bonds is 5. The molecule has 1 aliphatic carbocycles. The van der Waals surface area contributed by atoms with E-state index < -0.39 is 0 Å². The Bertz CT molecular complexity index is 488. The van der Waals surface area contributed by atoms with Crippen molar-refractivity contribution in [1.29, 1.82) is 0 Å². The predicted octanol–water partition coefficient (Wildman–Crippen LogP) is 2.67. The van der Waals surface area contributed by atoms with Crippen LogP contribution >= 0.6 is 24.0 Å². The zero-order valence-corrected chi connectivity index (χ0v) is 16.2. The lowest BCUT2D eigenvalue weighted by atomic mass is 9.93. The van der Waals surface area contributed by atoms with Gasteiger partial charge in [-0.2, -0.15) is 0 Å². The first-order valence-corrected chi connectivity index (χ1v) is 8.07. The topological polar surface area (TPSA) is 65.9 Å². The van der Waals surface area contributed by atoms with Gasteiger partial charge in [0.15, 0.2) is 5.96 Å². The quantitative estimate of drug-likeness (QED) is 0.380. The second kappa shape index (κ2) is 10.7. The van der Waals surface area contributed by atoms with Gasteiger partial charge in [-0.15, -0.1) is 24.0 Å². The molecule has 0 unspecified atom stereocenters. The van der Waals surface area contributed by atoms with Gasteiger partial charge in [0.2, 0.25) is 0 Å². The van der Waals surface area contributed by atoms with Crippen molar-refractivity contribution in [2.45, 2.75) is 51.3 Å². The molecular formula is C17H28IN3O2. The molecule has 2 rings (SSSR count). The van der Waals surface area contributed by atoms with E-state index in [9.17, 15) is 5.11 Å². The molecule has 0 radical (unpaired) electrons. The van der Waals surface area contributed by atoms with Gasteiger partial charge in [0.05, 0.1) is 19.8 Å². The molecule has 6 heteroatoms. The summed E-state index contributed by atoms with van der Waals surface area (Å²) in [6.07, 6.45) is 3.59. The fourth-order valence-electron chi connectivity index (χ4n) is 2.67. The van der Waals surface area contributed by atoms with Crippen LogP contribution in [0.4, 0.5) is 0 Å². The van der Waals surface area contributed by atoms with Crippen LogP contribution in [0.3, 0.4) is 0 Å². The van der Waals surface area contributed by atoms with E-state index in [-0.39, 0.29) is 30.1 Å². The molecule has 1 aromatic carbocycles. The number of aliphatic imine (C=N–C) groups is 1. The summed E-state index contributed by atoms with van der Waals surface area (Å²) in [5.74, 6) is 1.69. The number of halogens is 1. The second-order valence-electron chi connectivity index (χ2n) is 5.70. The molecule has 1 saturated carbocycles. The fourth-order valence-corrected chi connectivity index (χ4v) is 2.67. The monoisotopic (exact) mass is 433 g/mol. The van der Waals surface area contributed by atoms with Crippen molar-refractivity contribution in [2.24, 2.45) is 4.99 Å². The van der Waals surface area contributed by atoms with Gasteiger partial charge in [0.1, 0.15) is 5.75 Å². The summed E-state index contributed by atoms with van der Waals surface area (Å²) >= 11 is 0. The summed E-state index contributed by atoms with van der Waals surface area (Å²) in [4.78, 5) is 4.65. The van der Waals surface area contributed by atoms with Gasteiger partial charge in [-0.25, -0.2) is 4.99 Å². The molecule has 3 N–H and O–H groups in total. The number of ether oxygens (including phenoxy) is 1. The first-order valence-electron chi connectivity index (χ1n) is 8.07. The van der Waals surface area contributed by atoms with Crippen LogP contribution in [-0.4, -0.2) is 36.9 Å². The minimum Gasteiger partial charge on any atom is -0.497 e. The average Bonchev–Trinajstić information content (AvgIpc) is 2.55. The molecule has 0 aromatic heterocycles. The molecule has 130 valence electrons. The van der Waals surface area contributed by atoms with Crippen molar-refractivity contribution in [1.82, 2.24) is 10.6 Å². The van der Waals surface area contributed by atoms with Crippen molar-refractivity contribution in [3.63, 3.8) is 0 Å². The average molecular weight is 433 g/mol. The van der Waals surface area contributed by atoms with Crippen LogP contribution in [0, 0.1) is 0 Å². The van der Waals surface area contributed by atoms with Crippen molar-refractivity contribution < 1.29 is 9.84 Å². The summed E-state index contributed by atoms with van der Waals surface area (Å²) in [6, 6.07) is 8.36. The highest BCUT2D eigenvalue weighted by Crippen LogP contribution is 2.18. The fraction of sp³-hybridized carbons (Fsp3) is 0.588. The molecule has 0 saturated heterocycles. The summed E-state index contributed by atoms with van der Waals surface area (Å²) in [7, 11) is 1.67. The highest BCUT2D eigenvalue weighted by atomic mass is 127. The number of benzene rings is 1. The normalized spacial score (nSPS) is 21.3. The smallest absolute Gasteiger partial charge is 0.191 e. The third kappa shape index (κ3) is 6.95. The van der Waals surface area contributed by atoms with Gasteiger partial charge in [0.25, 0.3) is 0 Å². The van der Waals surface area contributed by atoms with Crippen molar-refractivity contribution in [3.8, 4) is 5.75 Å². The molecule has 0 spiro atoms. The van der Waals surface area contributed by atoms with Gasteiger partial charge in [-0.1, -0.05) is 12.1 Å². The van der Waals surface area contributed by atoms with Crippen LogP contribution in [-0.2, 0) is 6.54 Å². The maximum Gasteiger partial charge on any atom is 0.191 e. The van der Waals surface area contributed by atoms with Crippen LogP contribution in [0.1, 0.15) is 38.2 Å². The minimum atomic E-state index is -0.130. The Morgan fingerprint density at radius 1 is 1.30 bits per heavy atom. The Balaban J connectivity index is 0.00000264. The molecule has 0 atom stereocenters. The SMILES string of the molecule is CCNC(=NCc1cccc(OC)c1)NC1CCC(O)CC1.I. The van der Waals surface area contributed by atoms with Crippen LogP contribution in [0.2, 0.25) is 0 Å². The predicted molar refractivity (Wildman–Crippen MR) is 105 cm³/mol. The van der Waals surface area contributed by atoms with Gasteiger partial charge in [0, 0.05) is 12.6 Å². The number of aliphatic hydroxyl groups excluding tert-OH is 1. The Kier molecular flexibility index (Phi) is 9.31. The van der Waals surface area contributed by atoms with E-state index in [4.69, 9.17) is 4.74 Å². The molecular weight excluding hydrogens is 405 g/mol. The molecule has 0 amide bonds. The third-order valence-electron chi connectivity index (χ3n) is 3.94. The van der Waals surface area contributed by atoms with E-state index in [0.29, 0.717) is 12.6 Å². The maximum absolute atomic E-state index is 9.58. The highest BCUT2D eigenvalue weighted by Gasteiger charge is 2.19.